The van der Waals surface area contributed by atoms with E-state index in [1.807, 2.05) is 18.2 Å². The Labute approximate surface area is 128 Å². The van der Waals surface area contributed by atoms with Crippen LogP contribution < -0.4 is 5.32 Å². The number of nitro benzene ring substituents is 1. The molecule has 0 saturated carbocycles. The summed E-state index contributed by atoms with van der Waals surface area (Å²) in [5, 5.41) is 22.8. The van der Waals surface area contributed by atoms with Gasteiger partial charge in [-0.2, -0.15) is 5.26 Å². The number of hydrogen-bond acceptors (Lipinski definition) is 5. The highest BCUT2D eigenvalue weighted by atomic mass is 79.9. The fourth-order valence-electron chi connectivity index (χ4n) is 1.70. The first-order valence-electron chi connectivity index (χ1n) is 5.77. The van der Waals surface area contributed by atoms with Gasteiger partial charge in [-0.05, 0) is 46.6 Å². The average Bonchev–Trinajstić information content (AvgIpc) is 2.84. The van der Waals surface area contributed by atoms with Crippen molar-refractivity contribution in [1.29, 1.82) is 5.26 Å². The molecule has 0 unspecified atom stereocenters. The van der Waals surface area contributed by atoms with Gasteiger partial charge in [0.2, 0.25) is 0 Å². The van der Waals surface area contributed by atoms with Crippen molar-refractivity contribution < 1.29 is 4.92 Å². The summed E-state index contributed by atoms with van der Waals surface area (Å²) in [6.45, 7) is 0.677. The van der Waals surface area contributed by atoms with Gasteiger partial charge in [0.05, 0.1) is 8.71 Å². The van der Waals surface area contributed by atoms with Crippen molar-refractivity contribution in [2.45, 2.75) is 6.42 Å². The quantitative estimate of drug-likeness (QED) is 0.653. The number of hydrogen-bond donors (Lipinski definition) is 1. The molecular weight excluding hydrogens is 342 g/mol. The Kier molecular flexibility index (Phi) is 4.71. The van der Waals surface area contributed by atoms with Crippen molar-refractivity contribution in [2.75, 3.05) is 11.9 Å². The van der Waals surface area contributed by atoms with Crippen molar-refractivity contribution in [1.82, 2.24) is 0 Å². The van der Waals surface area contributed by atoms with Crippen LogP contribution in [-0.2, 0) is 6.42 Å². The van der Waals surface area contributed by atoms with E-state index >= 15 is 0 Å². The molecule has 1 aromatic heterocycles. The Balaban J connectivity index is 2.01. The molecule has 0 aliphatic rings. The number of nitrogens with zero attached hydrogens (tertiary/aromatic N) is 2. The van der Waals surface area contributed by atoms with Gasteiger partial charge in [0.25, 0.3) is 5.69 Å². The first-order chi connectivity index (χ1) is 9.60. The molecule has 102 valence electrons. The van der Waals surface area contributed by atoms with Gasteiger partial charge in [0, 0.05) is 23.2 Å². The summed E-state index contributed by atoms with van der Waals surface area (Å²) >= 11 is 5.07. The highest BCUT2D eigenvalue weighted by Crippen LogP contribution is 2.24. The van der Waals surface area contributed by atoms with E-state index in [-0.39, 0.29) is 11.3 Å². The van der Waals surface area contributed by atoms with Gasteiger partial charge < -0.3 is 5.32 Å². The van der Waals surface area contributed by atoms with E-state index in [1.54, 1.807) is 17.4 Å². The molecule has 0 saturated heterocycles. The van der Waals surface area contributed by atoms with Crippen LogP contribution >= 0.6 is 27.3 Å². The maximum Gasteiger partial charge on any atom is 0.289 e. The van der Waals surface area contributed by atoms with Crippen molar-refractivity contribution in [3.63, 3.8) is 0 Å². The number of benzene rings is 1. The number of nitriles is 1. The average molecular weight is 352 g/mol. The van der Waals surface area contributed by atoms with E-state index in [1.165, 1.54) is 17.0 Å². The van der Waals surface area contributed by atoms with Crippen molar-refractivity contribution in [3.05, 3.63) is 54.7 Å². The van der Waals surface area contributed by atoms with Crippen LogP contribution in [0.4, 0.5) is 11.4 Å². The second kappa shape index (κ2) is 6.50. The summed E-state index contributed by atoms with van der Waals surface area (Å²) in [4.78, 5) is 11.5. The highest BCUT2D eigenvalue weighted by molar-refractivity contribution is 9.11. The van der Waals surface area contributed by atoms with Crippen LogP contribution in [0.15, 0.2) is 34.1 Å². The van der Waals surface area contributed by atoms with Gasteiger partial charge in [0.15, 0.2) is 0 Å². The third-order valence-corrected chi connectivity index (χ3v) is 4.33. The summed E-state index contributed by atoms with van der Waals surface area (Å²) in [5.41, 5.74) is 0.547. The van der Waals surface area contributed by atoms with E-state index < -0.39 is 4.92 Å². The van der Waals surface area contributed by atoms with Crippen LogP contribution in [0.1, 0.15) is 10.4 Å². The van der Waals surface area contributed by atoms with Crippen LogP contribution in [0.2, 0.25) is 0 Å². The molecule has 1 N–H and O–H groups in total. The number of halogens is 1. The van der Waals surface area contributed by atoms with Gasteiger partial charge in [-0.15, -0.1) is 11.3 Å². The van der Waals surface area contributed by atoms with Crippen molar-refractivity contribution >= 4 is 38.6 Å². The Morgan fingerprint density at radius 3 is 2.80 bits per heavy atom. The van der Waals surface area contributed by atoms with E-state index in [0.717, 1.165) is 10.2 Å². The Bertz CT molecular complexity index is 678. The van der Waals surface area contributed by atoms with Gasteiger partial charge in [-0.3, -0.25) is 10.1 Å². The molecule has 2 aromatic rings. The Morgan fingerprint density at radius 2 is 2.20 bits per heavy atom. The van der Waals surface area contributed by atoms with Gasteiger partial charge >= 0.3 is 0 Å². The zero-order chi connectivity index (χ0) is 14.5. The molecule has 1 heterocycles. The molecule has 1 aromatic carbocycles. The first kappa shape index (κ1) is 14.5. The largest absolute Gasteiger partial charge is 0.384 e. The summed E-state index contributed by atoms with van der Waals surface area (Å²) in [7, 11) is 0. The van der Waals surface area contributed by atoms with Crippen LogP contribution in [0.3, 0.4) is 0 Å². The second-order valence-electron chi connectivity index (χ2n) is 3.98. The van der Waals surface area contributed by atoms with E-state index in [0.29, 0.717) is 12.2 Å². The fourth-order valence-corrected chi connectivity index (χ4v) is 3.19. The van der Waals surface area contributed by atoms with Crippen LogP contribution in [0.5, 0.6) is 0 Å². The summed E-state index contributed by atoms with van der Waals surface area (Å²) in [6.07, 6.45) is 0.837. The number of thiophene rings is 1. The van der Waals surface area contributed by atoms with E-state index in [9.17, 15) is 10.1 Å². The van der Waals surface area contributed by atoms with E-state index in [4.69, 9.17) is 5.26 Å². The lowest BCUT2D eigenvalue weighted by Gasteiger charge is -2.05. The SMILES string of the molecule is N#Cc1ccc(NCCc2ccc(Br)s2)cc1[N+](=O)[O-]. The molecule has 7 heteroatoms. The Hall–Kier alpha value is -1.91. The topological polar surface area (TPSA) is 79.0 Å². The zero-order valence-electron chi connectivity index (χ0n) is 10.3. The minimum Gasteiger partial charge on any atom is -0.384 e. The molecular formula is C13H10BrN3O2S. The number of anilines is 1. The van der Waals surface area contributed by atoms with Gasteiger partial charge in [0.1, 0.15) is 11.6 Å². The maximum atomic E-state index is 10.9. The van der Waals surface area contributed by atoms with Gasteiger partial charge in [-0.25, -0.2) is 0 Å². The van der Waals surface area contributed by atoms with Crippen molar-refractivity contribution in [2.24, 2.45) is 0 Å². The molecule has 0 aliphatic heterocycles. The molecule has 20 heavy (non-hydrogen) atoms. The molecule has 0 spiro atoms. The summed E-state index contributed by atoms with van der Waals surface area (Å²) < 4.78 is 1.08. The highest BCUT2D eigenvalue weighted by Gasteiger charge is 2.13. The summed E-state index contributed by atoms with van der Waals surface area (Å²) in [5.74, 6) is 0. The minimum atomic E-state index is -0.542. The van der Waals surface area contributed by atoms with Crippen molar-refractivity contribution in [3.8, 4) is 6.07 Å². The molecule has 5 nitrogen and oxygen atoms in total. The minimum absolute atomic E-state index is 0.0720. The monoisotopic (exact) mass is 351 g/mol. The smallest absolute Gasteiger partial charge is 0.289 e. The number of nitro groups is 1. The van der Waals surface area contributed by atoms with Crippen LogP contribution in [0.25, 0.3) is 0 Å². The molecule has 0 bridgehead atoms. The molecule has 0 radical (unpaired) electrons. The molecule has 0 amide bonds. The second-order valence-corrected chi connectivity index (χ2v) is 6.53. The molecule has 0 atom stereocenters. The number of nitrogens with one attached hydrogen (secondary N) is 1. The lowest BCUT2D eigenvalue weighted by atomic mass is 10.2. The zero-order valence-corrected chi connectivity index (χ0v) is 12.7. The molecule has 0 aliphatic carbocycles. The van der Waals surface area contributed by atoms with E-state index in [2.05, 4.69) is 21.2 Å². The molecule has 2 rings (SSSR count). The lowest BCUT2D eigenvalue weighted by Crippen LogP contribution is -2.04. The predicted molar refractivity (Wildman–Crippen MR) is 82.0 cm³/mol. The lowest BCUT2D eigenvalue weighted by molar-refractivity contribution is -0.385. The van der Waals surface area contributed by atoms with Crippen LogP contribution in [0, 0.1) is 21.4 Å². The fraction of sp³-hybridized carbons (Fsp3) is 0.154. The standard InChI is InChI=1S/C13H10BrN3O2S/c14-13-4-3-11(20-13)5-6-16-10-2-1-9(8-15)12(7-10)17(18)19/h1-4,7,16H,5-6H2. The molecule has 0 fully saturated rings. The third-order valence-electron chi connectivity index (χ3n) is 2.64. The normalized spacial score (nSPS) is 10.0. The van der Waals surface area contributed by atoms with Crippen LogP contribution in [-0.4, -0.2) is 11.5 Å². The Morgan fingerprint density at radius 1 is 1.40 bits per heavy atom. The first-order valence-corrected chi connectivity index (χ1v) is 7.37. The third kappa shape index (κ3) is 3.56. The van der Waals surface area contributed by atoms with Gasteiger partial charge in [-0.1, -0.05) is 0 Å². The summed E-state index contributed by atoms with van der Waals surface area (Å²) in [6, 6.07) is 10.4. The number of rotatable bonds is 5. The predicted octanol–water partition coefficient (Wildman–Crippen LogP) is 3.95. The maximum absolute atomic E-state index is 10.9.